The van der Waals surface area contributed by atoms with Gasteiger partial charge in [-0.1, -0.05) is 48.5 Å². The Morgan fingerprint density at radius 3 is 2.74 bits per heavy atom. The monoisotopic (exact) mass is 363 g/mol. The lowest BCUT2D eigenvalue weighted by atomic mass is 9.83. The number of carbonyl (C=O) groups is 1. The quantitative estimate of drug-likeness (QED) is 0.764. The van der Waals surface area contributed by atoms with E-state index >= 15 is 0 Å². The normalized spacial score (nSPS) is 21.4. The Balaban J connectivity index is 1.50. The smallest absolute Gasteiger partial charge is 0.410 e. The highest BCUT2D eigenvalue weighted by atomic mass is 16.6. The average Bonchev–Trinajstić information content (AvgIpc) is 2.72. The number of piperidine rings is 1. The third kappa shape index (κ3) is 3.85. The maximum absolute atomic E-state index is 12.8. The molecule has 27 heavy (non-hydrogen) atoms. The molecule has 4 rings (SSSR count). The summed E-state index contributed by atoms with van der Waals surface area (Å²) in [5, 5.41) is 0. The van der Waals surface area contributed by atoms with E-state index in [2.05, 4.69) is 18.2 Å². The molecule has 2 aromatic carbocycles. The van der Waals surface area contributed by atoms with Gasteiger partial charge in [0.15, 0.2) is 0 Å². The minimum absolute atomic E-state index is 0.113. The molecule has 2 heterocycles. The Labute approximate surface area is 160 Å². The number of rotatable bonds is 4. The van der Waals surface area contributed by atoms with Crippen molar-refractivity contribution in [3.63, 3.8) is 0 Å². The minimum atomic E-state index is -0.200. The molecule has 0 spiro atoms. The number of methoxy groups -OCH3 is 1. The van der Waals surface area contributed by atoms with Crippen LogP contribution in [0.4, 0.5) is 4.79 Å². The Morgan fingerprint density at radius 2 is 1.96 bits per heavy atom. The second-order valence-electron chi connectivity index (χ2n) is 7.23. The van der Waals surface area contributed by atoms with E-state index in [9.17, 15) is 4.79 Å². The highest BCUT2D eigenvalue weighted by molar-refractivity contribution is 5.75. The lowest BCUT2D eigenvalue weighted by molar-refractivity contribution is 0.0510. The molecule has 1 saturated heterocycles. The zero-order chi connectivity index (χ0) is 18.6. The number of benzene rings is 2. The first kappa shape index (κ1) is 17.7. The van der Waals surface area contributed by atoms with Gasteiger partial charge in [-0.3, -0.25) is 4.90 Å². The van der Waals surface area contributed by atoms with Gasteiger partial charge < -0.3 is 9.47 Å². The molecule has 0 saturated carbocycles. The van der Waals surface area contributed by atoms with Crippen LogP contribution in [0.15, 0.2) is 60.7 Å². The largest absolute Gasteiger partial charge is 0.497 e. The van der Waals surface area contributed by atoms with Gasteiger partial charge in [0.2, 0.25) is 0 Å². The molecule has 2 aromatic rings. The van der Waals surface area contributed by atoms with Crippen LogP contribution in [-0.4, -0.2) is 30.2 Å². The Bertz CT molecular complexity index is 831. The van der Waals surface area contributed by atoms with Gasteiger partial charge in [0.25, 0.3) is 0 Å². The number of fused-ring (bicyclic) bond motifs is 2. The molecule has 140 valence electrons. The molecule has 2 aliphatic rings. The molecule has 2 atom stereocenters. The number of nitrogens with zero attached hydrogens (tertiary/aromatic N) is 1. The van der Waals surface area contributed by atoms with Gasteiger partial charge in [0.05, 0.1) is 13.2 Å². The van der Waals surface area contributed by atoms with E-state index in [1.807, 2.05) is 47.4 Å². The average molecular weight is 363 g/mol. The maximum atomic E-state index is 12.8. The summed E-state index contributed by atoms with van der Waals surface area (Å²) in [6.07, 6.45) is 6.08. The van der Waals surface area contributed by atoms with E-state index in [-0.39, 0.29) is 18.2 Å². The van der Waals surface area contributed by atoms with Gasteiger partial charge in [-0.05, 0) is 54.5 Å². The van der Waals surface area contributed by atoms with Crippen molar-refractivity contribution in [2.75, 3.05) is 7.11 Å². The molecule has 2 unspecified atom stereocenters. The first-order valence-electron chi connectivity index (χ1n) is 9.59. The summed E-state index contributed by atoms with van der Waals surface area (Å²) in [6, 6.07) is 18.3. The first-order chi connectivity index (χ1) is 13.2. The fraction of sp³-hybridized carbons (Fsp3) is 0.348. The lowest BCUT2D eigenvalue weighted by Gasteiger charge is -2.44. The van der Waals surface area contributed by atoms with Crippen molar-refractivity contribution in [2.45, 2.75) is 44.4 Å². The molecular formula is C23H25NO3. The van der Waals surface area contributed by atoms with Crippen LogP contribution >= 0.6 is 0 Å². The van der Waals surface area contributed by atoms with Crippen molar-refractivity contribution in [1.82, 2.24) is 4.90 Å². The maximum Gasteiger partial charge on any atom is 0.410 e. The topological polar surface area (TPSA) is 38.8 Å². The number of hydrogen-bond donors (Lipinski definition) is 0. The number of amides is 1. The summed E-state index contributed by atoms with van der Waals surface area (Å²) >= 11 is 0. The third-order valence-corrected chi connectivity index (χ3v) is 5.49. The summed E-state index contributed by atoms with van der Waals surface area (Å²) in [7, 11) is 1.69. The molecule has 0 radical (unpaired) electrons. The van der Waals surface area contributed by atoms with Crippen LogP contribution in [0.2, 0.25) is 0 Å². The van der Waals surface area contributed by atoms with E-state index in [1.165, 1.54) is 11.1 Å². The van der Waals surface area contributed by atoms with Crippen molar-refractivity contribution < 1.29 is 14.3 Å². The summed E-state index contributed by atoms with van der Waals surface area (Å²) in [5.41, 5.74) is 3.50. The van der Waals surface area contributed by atoms with Crippen LogP contribution in [0, 0.1) is 0 Å². The molecule has 2 bridgehead atoms. The lowest BCUT2D eigenvalue weighted by Crippen LogP contribution is -2.51. The summed E-state index contributed by atoms with van der Waals surface area (Å²) in [4.78, 5) is 14.7. The molecule has 0 aromatic heterocycles. The van der Waals surface area contributed by atoms with Crippen LogP contribution in [0.5, 0.6) is 5.75 Å². The third-order valence-electron chi connectivity index (χ3n) is 5.49. The van der Waals surface area contributed by atoms with E-state index in [0.29, 0.717) is 6.61 Å². The molecule has 1 amide bonds. The standard InChI is InChI=1S/C23H25NO3/c1-26-22-12-5-9-18(15-22)19-13-20-10-6-11-21(14-19)24(20)23(25)27-16-17-7-3-2-4-8-17/h2-5,7-9,12-13,15,20-21H,6,10-11,14,16H2,1H3. The molecule has 1 fully saturated rings. The number of hydrogen-bond acceptors (Lipinski definition) is 3. The molecule has 4 heteroatoms. The van der Waals surface area contributed by atoms with Crippen molar-refractivity contribution in [1.29, 1.82) is 0 Å². The Kier molecular flexibility index (Phi) is 5.14. The van der Waals surface area contributed by atoms with Gasteiger partial charge >= 0.3 is 6.09 Å². The van der Waals surface area contributed by atoms with Crippen LogP contribution in [0.1, 0.15) is 36.8 Å². The second kappa shape index (κ2) is 7.87. The van der Waals surface area contributed by atoms with Crippen LogP contribution in [0.25, 0.3) is 5.57 Å². The zero-order valence-corrected chi connectivity index (χ0v) is 15.6. The van der Waals surface area contributed by atoms with Gasteiger partial charge in [-0.2, -0.15) is 0 Å². The van der Waals surface area contributed by atoms with E-state index in [4.69, 9.17) is 9.47 Å². The predicted octanol–water partition coefficient (Wildman–Crippen LogP) is 5.04. The summed E-state index contributed by atoms with van der Waals surface area (Å²) in [5.74, 6) is 0.864. The molecular weight excluding hydrogens is 338 g/mol. The number of ether oxygens (including phenoxy) is 2. The van der Waals surface area contributed by atoms with E-state index in [0.717, 1.165) is 37.0 Å². The SMILES string of the molecule is COc1cccc(C2=CC3CCCC(C2)N3C(=O)OCc2ccccc2)c1. The van der Waals surface area contributed by atoms with Crippen LogP contribution in [0.3, 0.4) is 0 Å². The summed E-state index contributed by atoms with van der Waals surface area (Å²) < 4.78 is 11.0. The number of carbonyl (C=O) groups excluding carboxylic acids is 1. The molecule has 4 nitrogen and oxygen atoms in total. The predicted molar refractivity (Wildman–Crippen MR) is 105 cm³/mol. The minimum Gasteiger partial charge on any atom is -0.497 e. The highest BCUT2D eigenvalue weighted by Gasteiger charge is 2.38. The summed E-state index contributed by atoms with van der Waals surface area (Å²) in [6.45, 7) is 0.321. The van der Waals surface area contributed by atoms with Gasteiger partial charge in [-0.25, -0.2) is 4.79 Å². The van der Waals surface area contributed by atoms with Crippen molar-refractivity contribution in [3.05, 3.63) is 71.8 Å². The van der Waals surface area contributed by atoms with Crippen LogP contribution in [-0.2, 0) is 11.3 Å². The van der Waals surface area contributed by atoms with Gasteiger partial charge in [0, 0.05) is 6.04 Å². The fourth-order valence-corrected chi connectivity index (χ4v) is 4.14. The fourth-order valence-electron chi connectivity index (χ4n) is 4.14. The second-order valence-corrected chi connectivity index (χ2v) is 7.23. The van der Waals surface area contributed by atoms with Crippen LogP contribution < -0.4 is 4.74 Å². The Hall–Kier alpha value is -2.75. The molecule has 0 N–H and O–H groups in total. The molecule has 0 aliphatic carbocycles. The molecule has 2 aliphatic heterocycles. The van der Waals surface area contributed by atoms with E-state index < -0.39 is 0 Å². The van der Waals surface area contributed by atoms with Crippen molar-refractivity contribution in [2.24, 2.45) is 0 Å². The van der Waals surface area contributed by atoms with Crippen molar-refractivity contribution >= 4 is 11.7 Å². The first-order valence-corrected chi connectivity index (χ1v) is 9.59. The Morgan fingerprint density at radius 1 is 1.11 bits per heavy atom. The van der Waals surface area contributed by atoms with Gasteiger partial charge in [0.1, 0.15) is 12.4 Å². The zero-order valence-electron chi connectivity index (χ0n) is 15.6. The van der Waals surface area contributed by atoms with E-state index in [1.54, 1.807) is 7.11 Å². The van der Waals surface area contributed by atoms with Crippen molar-refractivity contribution in [3.8, 4) is 5.75 Å². The van der Waals surface area contributed by atoms with Gasteiger partial charge in [-0.15, -0.1) is 0 Å². The highest BCUT2D eigenvalue weighted by Crippen LogP contribution is 2.38.